The summed E-state index contributed by atoms with van der Waals surface area (Å²) in [5.41, 5.74) is 0. The molecule has 0 amide bonds. The van der Waals surface area contributed by atoms with Crippen molar-refractivity contribution in [3.63, 3.8) is 0 Å². The minimum absolute atomic E-state index is 0.105. The van der Waals surface area contributed by atoms with E-state index in [1.165, 1.54) is 0 Å². The zero-order valence-electron chi connectivity index (χ0n) is 25.9. The van der Waals surface area contributed by atoms with E-state index in [4.69, 9.17) is 9.47 Å². The molecule has 0 aliphatic carbocycles. The van der Waals surface area contributed by atoms with Gasteiger partial charge < -0.3 is 14.0 Å². The Bertz CT molecular complexity index is 2100. The molecule has 0 spiro atoms. The molecule has 0 aromatic heterocycles. The van der Waals surface area contributed by atoms with Crippen molar-refractivity contribution in [2.75, 3.05) is 40.4 Å². The quantitative estimate of drug-likeness (QED) is 0.189. The molecule has 0 unspecified atom stereocenters. The second-order valence-electron chi connectivity index (χ2n) is 7.90. The average Bonchev–Trinajstić information content (AvgIpc) is 3.04. The van der Waals surface area contributed by atoms with Crippen LogP contribution in [0.5, 0.6) is 0 Å². The lowest BCUT2D eigenvalue weighted by atomic mass is 10.4. The van der Waals surface area contributed by atoms with Gasteiger partial charge in [-0.05, 0) is 180 Å². The van der Waals surface area contributed by atoms with Crippen LogP contribution < -0.4 is 0 Å². The lowest BCUT2D eigenvalue weighted by molar-refractivity contribution is -0.890. The van der Waals surface area contributed by atoms with Crippen LogP contribution in [0.4, 0.5) is 0 Å². The van der Waals surface area contributed by atoms with Crippen molar-refractivity contribution >= 4 is 11.9 Å². The highest BCUT2D eigenvalue weighted by molar-refractivity contribution is 5.89. The third kappa shape index (κ3) is 30.6. The fraction of sp³-hybridized carbons (Fsp3) is 0.190. The third-order valence-corrected chi connectivity index (χ3v) is 4.06. The second-order valence-corrected chi connectivity index (χ2v) is 7.90. The highest BCUT2D eigenvalue weighted by atomic mass is 16.5. The van der Waals surface area contributed by atoms with E-state index in [0.29, 0.717) is 17.6 Å². The number of likely N-dealkylation sites (N-methyl/N-ethyl adjacent to an activating group) is 1. The van der Waals surface area contributed by atoms with Gasteiger partial charge in [-0.25, -0.2) is 9.59 Å². The van der Waals surface area contributed by atoms with E-state index in [1.54, 1.807) is 13.8 Å². The monoisotopic (exact) mass is 602 g/mol. The predicted molar refractivity (Wildman–Crippen MR) is 180 cm³/mol. The molecule has 47 heavy (non-hydrogen) atoms. The zero-order valence-corrected chi connectivity index (χ0v) is 25.9. The van der Waals surface area contributed by atoms with Gasteiger partial charge in [0.1, 0.15) is 26.3 Å². The SMILES string of the molecule is CC#CC#CC#CC#CC#CC#CC#CC#CC(=O)OCC[N+](C)(C)CCOC(=O)C#CC#CC#CC#CC#CC#CC#CC#CC. The van der Waals surface area contributed by atoms with Gasteiger partial charge in [-0.1, -0.05) is 11.8 Å². The van der Waals surface area contributed by atoms with Gasteiger partial charge in [-0.15, -0.1) is 0 Å². The first-order valence-corrected chi connectivity index (χ1v) is 12.9. The van der Waals surface area contributed by atoms with Crippen molar-refractivity contribution < 1.29 is 23.5 Å². The van der Waals surface area contributed by atoms with Crippen molar-refractivity contribution in [1.29, 1.82) is 0 Å². The van der Waals surface area contributed by atoms with Gasteiger partial charge in [0.15, 0.2) is 0 Å². The van der Waals surface area contributed by atoms with Crippen LogP contribution in [0.25, 0.3) is 0 Å². The van der Waals surface area contributed by atoms with Gasteiger partial charge >= 0.3 is 11.9 Å². The van der Waals surface area contributed by atoms with Gasteiger partial charge in [0.05, 0.1) is 14.1 Å². The van der Waals surface area contributed by atoms with Crippen LogP contribution in [-0.2, 0) is 19.1 Å². The summed E-state index contributed by atoms with van der Waals surface area (Å²) in [4.78, 5) is 23.5. The van der Waals surface area contributed by atoms with Crippen molar-refractivity contribution in [3.8, 4) is 189 Å². The smallest absolute Gasteiger partial charge is 0.385 e. The lowest BCUT2D eigenvalue weighted by Crippen LogP contribution is -2.45. The molecule has 0 fully saturated rings. The normalized spacial score (nSPS) is 6.21. The van der Waals surface area contributed by atoms with Crippen LogP contribution in [0.2, 0.25) is 0 Å². The van der Waals surface area contributed by atoms with E-state index in [1.807, 2.05) is 14.1 Å². The molecule has 0 saturated carbocycles. The summed E-state index contributed by atoms with van der Waals surface area (Å²) >= 11 is 0. The maximum Gasteiger partial charge on any atom is 0.385 e. The number of quaternary nitrogens is 1. The molecule has 0 radical (unpaired) electrons. The molecule has 0 aromatic carbocycles. The van der Waals surface area contributed by atoms with Crippen molar-refractivity contribution in [3.05, 3.63) is 0 Å². The summed E-state index contributed by atoms with van der Waals surface area (Å²) in [6.45, 7) is 4.48. The van der Waals surface area contributed by atoms with Crippen molar-refractivity contribution in [2.45, 2.75) is 13.8 Å². The van der Waals surface area contributed by atoms with Crippen LogP contribution in [0.15, 0.2) is 0 Å². The number of carbonyl (C=O) groups excluding carboxylic acids is 2. The van der Waals surface area contributed by atoms with Crippen LogP contribution in [0.3, 0.4) is 0 Å². The van der Waals surface area contributed by atoms with E-state index in [9.17, 15) is 9.59 Å². The topological polar surface area (TPSA) is 52.6 Å². The van der Waals surface area contributed by atoms with E-state index < -0.39 is 11.9 Å². The van der Waals surface area contributed by atoms with E-state index in [0.717, 1.165) is 0 Å². The Morgan fingerprint density at radius 3 is 0.830 bits per heavy atom. The Kier molecular flexibility index (Phi) is 24.3. The summed E-state index contributed by atoms with van der Waals surface area (Å²) in [5.74, 6) is 77.5. The van der Waals surface area contributed by atoms with E-state index in [-0.39, 0.29) is 13.2 Å². The Hall–Kier alpha value is -8.14. The first-order valence-electron chi connectivity index (χ1n) is 12.9. The molecule has 216 valence electrons. The Labute approximate surface area is 278 Å². The van der Waals surface area contributed by atoms with Crippen molar-refractivity contribution in [2.24, 2.45) is 0 Å². The Morgan fingerprint density at radius 2 is 0.596 bits per heavy atom. The first kappa shape index (κ1) is 38.9. The standard InChI is InChI=1S/C42H20NO4/c1-5-7-9-11-13-15-17-19-21-23-25-27-29-31-33-35-41(44)46-39-37-43(3,4)38-40-47-42(45)36-34-32-30-28-26-24-22-20-18-16-14-12-10-8-6-2/h37-40H2,1-4H3/q+1. The lowest BCUT2D eigenvalue weighted by Gasteiger charge is -2.28. The highest BCUT2D eigenvalue weighted by Gasteiger charge is 2.16. The first-order chi connectivity index (χ1) is 22.9. The largest absolute Gasteiger partial charge is 0.450 e. The number of hydrogen-bond acceptors (Lipinski definition) is 4. The molecule has 0 rings (SSSR count). The minimum Gasteiger partial charge on any atom is -0.450 e. The molecule has 5 nitrogen and oxygen atoms in total. The number of esters is 2. The molecule has 0 bridgehead atoms. The number of rotatable bonds is 6. The average molecular weight is 603 g/mol. The summed E-state index contributed by atoms with van der Waals surface area (Å²) < 4.78 is 10.6. The Morgan fingerprint density at radius 1 is 0.383 bits per heavy atom. The van der Waals surface area contributed by atoms with Crippen LogP contribution >= 0.6 is 0 Å². The highest BCUT2D eigenvalue weighted by Crippen LogP contribution is 1.97. The van der Waals surface area contributed by atoms with Gasteiger partial charge in [0.2, 0.25) is 0 Å². The number of hydrogen-bond donors (Lipinski definition) is 0. The van der Waals surface area contributed by atoms with Crippen LogP contribution in [-0.4, -0.2) is 56.8 Å². The maximum atomic E-state index is 11.8. The molecule has 0 N–H and O–H groups in total. The second kappa shape index (κ2) is 29.4. The van der Waals surface area contributed by atoms with Crippen molar-refractivity contribution in [1.82, 2.24) is 0 Å². The van der Waals surface area contributed by atoms with E-state index in [2.05, 4.69) is 189 Å². The molecular formula is C42H20NO4+. The number of nitrogens with zero attached hydrogens (tertiary/aromatic N) is 1. The predicted octanol–water partition coefficient (Wildman–Crippen LogP) is 0.243. The molecule has 0 aliphatic rings. The van der Waals surface area contributed by atoms with Gasteiger partial charge in [-0.2, -0.15) is 0 Å². The summed E-state index contributed by atoms with van der Waals surface area (Å²) in [6, 6.07) is 0. The fourth-order valence-corrected chi connectivity index (χ4v) is 1.99. The molecule has 0 atom stereocenters. The molecular weight excluding hydrogens is 582 g/mol. The maximum absolute atomic E-state index is 11.8. The number of carbonyl (C=O) groups is 2. The molecule has 0 aromatic rings. The van der Waals surface area contributed by atoms with E-state index >= 15 is 0 Å². The van der Waals surface area contributed by atoms with Crippen LogP contribution in [0.1, 0.15) is 13.8 Å². The Balaban J connectivity index is 4.42. The van der Waals surface area contributed by atoms with Gasteiger partial charge in [0, 0.05) is 11.8 Å². The molecule has 0 aliphatic heterocycles. The van der Waals surface area contributed by atoms with Gasteiger partial charge in [-0.3, -0.25) is 0 Å². The number of ether oxygens (including phenoxy) is 2. The molecule has 0 heterocycles. The molecule has 5 heteroatoms. The van der Waals surface area contributed by atoms with Crippen LogP contribution in [0, 0.1) is 189 Å². The van der Waals surface area contributed by atoms with Gasteiger partial charge in [0.25, 0.3) is 0 Å². The molecule has 0 saturated heterocycles. The minimum atomic E-state index is -0.728. The third-order valence-electron chi connectivity index (χ3n) is 4.06. The summed E-state index contributed by atoms with van der Waals surface area (Å²) in [5, 5.41) is 0. The summed E-state index contributed by atoms with van der Waals surface area (Å²) in [6.07, 6.45) is 0. The summed E-state index contributed by atoms with van der Waals surface area (Å²) in [7, 11) is 3.77. The fourth-order valence-electron chi connectivity index (χ4n) is 1.99. The zero-order chi connectivity index (χ0) is 34.5.